The first-order valence-corrected chi connectivity index (χ1v) is 6.87. The van der Waals surface area contributed by atoms with Crippen LogP contribution in [0.1, 0.15) is 21.5 Å². The van der Waals surface area contributed by atoms with Crippen LogP contribution in [-0.4, -0.2) is 19.9 Å². The van der Waals surface area contributed by atoms with E-state index in [1.54, 1.807) is 0 Å². The number of hydrogen-bond acceptors (Lipinski definition) is 2. The van der Waals surface area contributed by atoms with Crippen molar-refractivity contribution < 1.29 is 4.79 Å². The van der Waals surface area contributed by atoms with E-state index >= 15 is 0 Å². The second-order valence-electron chi connectivity index (χ2n) is 4.70. The smallest absolute Gasteiger partial charge is 0.194 e. The van der Waals surface area contributed by atoms with Crippen LogP contribution in [0.25, 0.3) is 0 Å². The third-order valence-electron chi connectivity index (χ3n) is 3.09. The molecule has 0 saturated carbocycles. The first-order valence-electron chi connectivity index (χ1n) is 6.08. The number of hydrogen-bond donors (Lipinski definition) is 0. The molecule has 0 fully saturated rings. The molecule has 0 unspecified atom stereocenters. The molecule has 98 valence electrons. The van der Waals surface area contributed by atoms with Crippen LogP contribution in [0, 0.1) is 6.92 Å². The molecule has 3 heteroatoms. The maximum absolute atomic E-state index is 12.5. The van der Waals surface area contributed by atoms with E-state index in [4.69, 9.17) is 0 Å². The van der Waals surface area contributed by atoms with Gasteiger partial charge in [0.15, 0.2) is 5.78 Å². The van der Waals surface area contributed by atoms with Crippen LogP contribution >= 0.6 is 15.9 Å². The van der Waals surface area contributed by atoms with Gasteiger partial charge in [0, 0.05) is 35.4 Å². The SMILES string of the molecule is Cc1cc(N(C)C)ccc1C(=O)c1ccccc1Br. The van der Waals surface area contributed by atoms with Gasteiger partial charge in [-0.15, -0.1) is 0 Å². The molecule has 0 amide bonds. The Balaban J connectivity index is 2.43. The first kappa shape index (κ1) is 13.8. The molecular weight excluding hydrogens is 302 g/mol. The monoisotopic (exact) mass is 317 g/mol. The minimum Gasteiger partial charge on any atom is -0.378 e. The highest BCUT2D eigenvalue weighted by Crippen LogP contribution is 2.23. The number of ketones is 1. The highest BCUT2D eigenvalue weighted by Gasteiger charge is 2.14. The fourth-order valence-electron chi connectivity index (χ4n) is 1.97. The number of anilines is 1. The van der Waals surface area contributed by atoms with Crippen molar-refractivity contribution in [2.24, 2.45) is 0 Å². The van der Waals surface area contributed by atoms with Gasteiger partial charge in [0.05, 0.1) is 0 Å². The standard InChI is InChI=1S/C16H16BrNO/c1-11-10-12(18(2)3)8-9-13(11)16(19)14-6-4-5-7-15(14)17/h4-10H,1-3H3. The van der Waals surface area contributed by atoms with Crippen molar-refractivity contribution in [3.05, 3.63) is 63.6 Å². The zero-order valence-electron chi connectivity index (χ0n) is 11.3. The number of benzene rings is 2. The Bertz CT molecular complexity index is 620. The molecule has 0 bridgehead atoms. The third kappa shape index (κ3) is 2.87. The lowest BCUT2D eigenvalue weighted by Gasteiger charge is -2.15. The number of carbonyl (C=O) groups excluding carboxylic acids is 1. The minimum atomic E-state index is 0.0512. The number of halogens is 1. The molecule has 0 spiro atoms. The maximum Gasteiger partial charge on any atom is 0.194 e. The quantitative estimate of drug-likeness (QED) is 0.796. The van der Waals surface area contributed by atoms with E-state index in [1.165, 1.54) is 0 Å². The Morgan fingerprint density at radius 2 is 1.74 bits per heavy atom. The van der Waals surface area contributed by atoms with Crippen LogP contribution in [0.2, 0.25) is 0 Å². The molecule has 0 aliphatic heterocycles. The van der Waals surface area contributed by atoms with E-state index in [2.05, 4.69) is 15.9 Å². The van der Waals surface area contributed by atoms with Gasteiger partial charge in [-0.1, -0.05) is 28.1 Å². The van der Waals surface area contributed by atoms with Crippen molar-refractivity contribution in [3.8, 4) is 0 Å². The average Bonchev–Trinajstić information content (AvgIpc) is 2.38. The van der Waals surface area contributed by atoms with Crippen molar-refractivity contribution in [2.75, 3.05) is 19.0 Å². The van der Waals surface area contributed by atoms with Gasteiger partial charge in [-0.2, -0.15) is 0 Å². The number of nitrogens with zero attached hydrogens (tertiary/aromatic N) is 1. The molecule has 0 N–H and O–H groups in total. The van der Waals surface area contributed by atoms with Gasteiger partial charge < -0.3 is 4.90 Å². The molecule has 2 aromatic carbocycles. The summed E-state index contributed by atoms with van der Waals surface area (Å²) >= 11 is 3.43. The van der Waals surface area contributed by atoms with Gasteiger partial charge in [0.2, 0.25) is 0 Å². The predicted octanol–water partition coefficient (Wildman–Crippen LogP) is 4.05. The fraction of sp³-hybridized carbons (Fsp3) is 0.188. The Morgan fingerprint density at radius 3 is 2.32 bits per heavy atom. The van der Waals surface area contributed by atoms with Crippen molar-refractivity contribution >= 4 is 27.4 Å². The molecule has 2 aromatic rings. The van der Waals surface area contributed by atoms with Crippen LogP contribution in [0.5, 0.6) is 0 Å². The molecule has 0 aliphatic rings. The summed E-state index contributed by atoms with van der Waals surface area (Å²) in [6.07, 6.45) is 0. The number of carbonyl (C=O) groups is 1. The van der Waals surface area contributed by atoms with Crippen LogP contribution < -0.4 is 4.90 Å². The molecule has 0 aliphatic carbocycles. The number of aryl methyl sites for hydroxylation is 1. The van der Waals surface area contributed by atoms with E-state index in [-0.39, 0.29) is 5.78 Å². The first-order chi connectivity index (χ1) is 9.00. The normalized spacial score (nSPS) is 10.3. The lowest BCUT2D eigenvalue weighted by Crippen LogP contribution is -2.10. The van der Waals surface area contributed by atoms with Gasteiger partial charge in [-0.3, -0.25) is 4.79 Å². The average molecular weight is 318 g/mol. The Morgan fingerprint density at radius 1 is 1.05 bits per heavy atom. The van der Waals surface area contributed by atoms with E-state index in [9.17, 15) is 4.79 Å². The van der Waals surface area contributed by atoms with Gasteiger partial charge in [-0.25, -0.2) is 0 Å². The largest absolute Gasteiger partial charge is 0.378 e. The van der Waals surface area contributed by atoms with E-state index < -0.39 is 0 Å². The summed E-state index contributed by atoms with van der Waals surface area (Å²) in [5, 5.41) is 0. The lowest BCUT2D eigenvalue weighted by molar-refractivity contribution is 0.103. The maximum atomic E-state index is 12.5. The summed E-state index contributed by atoms with van der Waals surface area (Å²) in [6.45, 7) is 1.97. The molecule has 0 heterocycles. The van der Waals surface area contributed by atoms with Crippen molar-refractivity contribution in [2.45, 2.75) is 6.92 Å². The zero-order chi connectivity index (χ0) is 14.0. The van der Waals surface area contributed by atoms with E-state index in [1.807, 2.05) is 68.4 Å². The van der Waals surface area contributed by atoms with Gasteiger partial charge >= 0.3 is 0 Å². The highest BCUT2D eigenvalue weighted by molar-refractivity contribution is 9.10. The van der Waals surface area contributed by atoms with Crippen molar-refractivity contribution in [1.29, 1.82) is 0 Å². The third-order valence-corrected chi connectivity index (χ3v) is 3.78. The summed E-state index contributed by atoms with van der Waals surface area (Å²) in [7, 11) is 3.98. The topological polar surface area (TPSA) is 20.3 Å². The molecule has 0 saturated heterocycles. The fourth-order valence-corrected chi connectivity index (χ4v) is 2.44. The predicted molar refractivity (Wildman–Crippen MR) is 83.1 cm³/mol. The Kier molecular flexibility index (Phi) is 4.05. The highest BCUT2D eigenvalue weighted by atomic mass is 79.9. The molecule has 2 rings (SSSR count). The van der Waals surface area contributed by atoms with Gasteiger partial charge in [0.1, 0.15) is 0 Å². The summed E-state index contributed by atoms with van der Waals surface area (Å²) in [4.78, 5) is 14.6. The zero-order valence-corrected chi connectivity index (χ0v) is 12.9. The number of rotatable bonds is 3. The molecule has 2 nitrogen and oxygen atoms in total. The minimum absolute atomic E-state index is 0.0512. The molecule has 0 atom stereocenters. The summed E-state index contributed by atoms with van der Waals surface area (Å²) in [5.41, 5.74) is 3.54. The molecule has 0 radical (unpaired) electrons. The van der Waals surface area contributed by atoms with Crippen molar-refractivity contribution in [1.82, 2.24) is 0 Å². The Labute approximate surface area is 122 Å². The van der Waals surface area contributed by atoms with E-state index in [0.717, 1.165) is 21.3 Å². The van der Waals surface area contributed by atoms with Gasteiger partial charge in [-0.05, 0) is 42.8 Å². The summed E-state index contributed by atoms with van der Waals surface area (Å²) in [6, 6.07) is 13.4. The van der Waals surface area contributed by atoms with Crippen molar-refractivity contribution in [3.63, 3.8) is 0 Å². The second kappa shape index (κ2) is 5.57. The van der Waals surface area contributed by atoms with Crippen LogP contribution in [0.3, 0.4) is 0 Å². The van der Waals surface area contributed by atoms with Crippen LogP contribution in [0.4, 0.5) is 5.69 Å². The molecule has 19 heavy (non-hydrogen) atoms. The van der Waals surface area contributed by atoms with E-state index in [0.29, 0.717) is 5.56 Å². The van der Waals surface area contributed by atoms with Crippen LogP contribution in [-0.2, 0) is 0 Å². The molecular formula is C16H16BrNO. The Hall–Kier alpha value is -1.61. The molecule has 0 aromatic heterocycles. The lowest BCUT2D eigenvalue weighted by atomic mass is 9.98. The second-order valence-corrected chi connectivity index (χ2v) is 5.56. The van der Waals surface area contributed by atoms with Crippen LogP contribution in [0.15, 0.2) is 46.9 Å². The van der Waals surface area contributed by atoms with Gasteiger partial charge in [0.25, 0.3) is 0 Å². The summed E-state index contributed by atoms with van der Waals surface area (Å²) in [5.74, 6) is 0.0512. The summed E-state index contributed by atoms with van der Waals surface area (Å²) < 4.78 is 0.830.